The maximum absolute atomic E-state index is 12.5. The quantitative estimate of drug-likeness (QED) is 0.508. The van der Waals surface area contributed by atoms with E-state index in [1.807, 2.05) is 42.6 Å². The maximum atomic E-state index is 12.5. The van der Waals surface area contributed by atoms with E-state index in [4.69, 9.17) is 0 Å². The van der Waals surface area contributed by atoms with Gasteiger partial charge in [0.25, 0.3) is 0 Å². The van der Waals surface area contributed by atoms with E-state index < -0.39 is 0 Å². The fourth-order valence-electron chi connectivity index (χ4n) is 3.45. The molecule has 0 saturated carbocycles. The Bertz CT molecular complexity index is 1130. The van der Waals surface area contributed by atoms with Gasteiger partial charge in [0.1, 0.15) is 0 Å². The third kappa shape index (κ3) is 4.11. The number of para-hydroxylation sites is 1. The van der Waals surface area contributed by atoms with Crippen LogP contribution in [0.25, 0.3) is 10.9 Å². The molecule has 0 atom stereocenters. The van der Waals surface area contributed by atoms with Gasteiger partial charge in [-0.25, -0.2) is 0 Å². The van der Waals surface area contributed by atoms with E-state index in [1.54, 1.807) is 6.07 Å². The SMILES string of the molecule is CCN(c1cccc(C)c1)c1ccc(NC(=O)Cc2c[nH]c3ccccc23)nn1. The van der Waals surface area contributed by atoms with Crippen LogP contribution in [0.5, 0.6) is 0 Å². The van der Waals surface area contributed by atoms with Gasteiger partial charge in [-0.05, 0) is 55.3 Å². The van der Waals surface area contributed by atoms with Gasteiger partial charge < -0.3 is 15.2 Å². The lowest BCUT2D eigenvalue weighted by molar-refractivity contribution is -0.115. The Labute approximate surface area is 169 Å². The van der Waals surface area contributed by atoms with Crippen molar-refractivity contribution in [2.24, 2.45) is 0 Å². The maximum Gasteiger partial charge on any atom is 0.230 e. The number of rotatable bonds is 6. The zero-order chi connectivity index (χ0) is 20.2. The number of benzene rings is 2. The molecule has 2 aromatic carbocycles. The minimum absolute atomic E-state index is 0.122. The van der Waals surface area contributed by atoms with Gasteiger partial charge in [0.05, 0.1) is 6.42 Å². The first-order valence-electron chi connectivity index (χ1n) is 9.67. The van der Waals surface area contributed by atoms with E-state index in [0.29, 0.717) is 5.82 Å². The van der Waals surface area contributed by atoms with E-state index >= 15 is 0 Å². The summed E-state index contributed by atoms with van der Waals surface area (Å²) in [6.07, 6.45) is 2.15. The summed E-state index contributed by atoms with van der Waals surface area (Å²) in [6.45, 7) is 4.90. The molecular formula is C23H23N5O. The molecule has 0 saturated heterocycles. The van der Waals surface area contributed by atoms with Crippen LogP contribution in [0.2, 0.25) is 0 Å². The number of anilines is 3. The highest BCUT2D eigenvalue weighted by molar-refractivity contribution is 5.95. The zero-order valence-electron chi connectivity index (χ0n) is 16.5. The number of carbonyl (C=O) groups excluding carboxylic acids is 1. The molecule has 0 radical (unpaired) electrons. The number of aryl methyl sites for hydroxylation is 1. The van der Waals surface area contributed by atoms with E-state index in [-0.39, 0.29) is 12.3 Å². The van der Waals surface area contributed by atoms with Gasteiger partial charge in [-0.15, -0.1) is 10.2 Å². The van der Waals surface area contributed by atoms with Crippen LogP contribution in [0.4, 0.5) is 17.3 Å². The van der Waals surface area contributed by atoms with Crippen LogP contribution < -0.4 is 10.2 Å². The molecule has 0 aliphatic rings. The smallest absolute Gasteiger partial charge is 0.230 e. The summed E-state index contributed by atoms with van der Waals surface area (Å²) in [5, 5.41) is 12.4. The van der Waals surface area contributed by atoms with Crippen molar-refractivity contribution in [1.82, 2.24) is 15.2 Å². The molecule has 0 unspecified atom stereocenters. The number of hydrogen-bond donors (Lipinski definition) is 2. The zero-order valence-corrected chi connectivity index (χ0v) is 16.5. The molecule has 0 aliphatic heterocycles. The predicted octanol–water partition coefficient (Wildman–Crippen LogP) is 4.61. The number of hydrogen-bond acceptors (Lipinski definition) is 4. The van der Waals surface area contributed by atoms with Gasteiger partial charge in [-0.3, -0.25) is 4.79 Å². The van der Waals surface area contributed by atoms with Gasteiger partial charge in [0, 0.05) is 29.3 Å². The molecular weight excluding hydrogens is 362 g/mol. The second-order valence-corrected chi connectivity index (χ2v) is 6.94. The first-order chi connectivity index (χ1) is 14.1. The lowest BCUT2D eigenvalue weighted by Gasteiger charge is -2.22. The van der Waals surface area contributed by atoms with Crippen LogP contribution in [-0.2, 0) is 11.2 Å². The lowest BCUT2D eigenvalue weighted by atomic mass is 10.1. The summed E-state index contributed by atoms with van der Waals surface area (Å²) >= 11 is 0. The van der Waals surface area contributed by atoms with Crippen LogP contribution in [0.1, 0.15) is 18.1 Å². The number of amides is 1. The standard InChI is InChI=1S/C23H23N5O/c1-3-28(18-8-6-7-16(2)13-18)22-12-11-21(26-27-22)25-23(29)14-17-15-24-20-10-5-4-9-19(17)20/h4-13,15,24H,3,14H2,1-2H3,(H,25,26,29). The van der Waals surface area contributed by atoms with E-state index in [1.165, 1.54) is 5.56 Å². The van der Waals surface area contributed by atoms with E-state index in [9.17, 15) is 4.79 Å². The molecule has 4 aromatic rings. The van der Waals surface area contributed by atoms with Crippen molar-refractivity contribution in [2.75, 3.05) is 16.8 Å². The van der Waals surface area contributed by atoms with Crippen molar-refractivity contribution in [3.05, 3.63) is 78.0 Å². The molecule has 2 aromatic heterocycles. The summed E-state index contributed by atoms with van der Waals surface area (Å²) < 4.78 is 0. The Morgan fingerprint density at radius 2 is 1.93 bits per heavy atom. The fourth-order valence-corrected chi connectivity index (χ4v) is 3.45. The average molecular weight is 385 g/mol. The van der Waals surface area contributed by atoms with Crippen LogP contribution in [-0.4, -0.2) is 27.6 Å². The molecule has 0 aliphatic carbocycles. The van der Waals surface area contributed by atoms with Gasteiger partial charge in [0.2, 0.25) is 5.91 Å². The highest BCUT2D eigenvalue weighted by Crippen LogP contribution is 2.24. The Morgan fingerprint density at radius 1 is 1.07 bits per heavy atom. The highest BCUT2D eigenvalue weighted by Gasteiger charge is 2.12. The molecule has 29 heavy (non-hydrogen) atoms. The fraction of sp³-hybridized carbons (Fsp3) is 0.174. The van der Waals surface area contributed by atoms with E-state index in [2.05, 4.69) is 57.4 Å². The molecule has 6 heteroatoms. The number of carbonyl (C=O) groups is 1. The minimum atomic E-state index is -0.122. The largest absolute Gasteiger partial charge is 0.361 e. The molecule has 0 fully saturated rings. The normalized spacial score (nSPS) is 10.8. The van der Waals surface area contributed by atoms with Crippen molar-refractivity contribution in [3.63, 3.8) is 0 Å². The number of H-pyrrole nitrogens is 1. The Hall–Kier alpha value is -3.67. The summed E-state index contributed by atoms with van der Waals surface area (Å²) in [5.41, 5.74) is 4.24. The summed E-state index contributed by atoms with van der Waals surface area (Å²) in [4.78, 5) is 17.7. The minimum Gasteiger partial charge on any atom is -0.361 e. The van der Waals surface area contributed by atoms with Gasteiger partial charge in [0.15, 0.2) is 11.6 Å². The summed E-state index contributed by atoms with van der Waals surface area (Å²) in [7, 11) is 0. The lowest BCUT2D eigenvalue weighted by Crippen LogP contribution is -2.19. The number of fused-ring (bicyclic) bond motifs is 1. The summed E-state index contributed by atoms with van der Waals surface area (Å²) in [6, 6.07) is 19.9. The molecule has 2 heterocycles. The summed E-state index contributed by atoms with van der Waals surface area (Å²) in [5.74, 6) is 1.06. The Morgan fingerprint density at radius 3 is 2.69 bits per heavy atom. The molecule has 0 spiro atoms. The third-order valence-electron chi connectivity index (χ3n) is 4.85. The Balaban J connectivity index is 1.45. The third-order valence-corrected chi connectivity index (χ3v) is 4.85. The molecule has 2 N–H and O–H groups in total. The van der Waals surface area contributed by atoms with Crippen molar-refractivity contribution in [2.45, 2.75) is 20.3 Å². The van der Waals surface area contributed by atoms with Crippen molar-refractivity contribution in [1.29, 1.82) is 0 Å². The van der Waals surface area contributed by atoms with Crippen LogP contribution in [0.15, 0.2) is 66.9 Å². The van der Waals surface area contributed by atoms with Crippen LogP contribution in [0.3, 0.4) is 0 Å². The van der Waals surface area contributed by atoms with Crippen LogP contribution >= 0.6 is 0 Å². The van der Waals surface area contributed by atoms with Crippen LogP contribution in [0, 0.1) is 6.92 Å². The monoisotopic (exact) mass is 385 g/mol. The number of aromatic amines is 1. The molecule has 0 bridgehead atoms. The van der Waals surface area contributed by atoms with Crippen molar-refractivity contribution in [3.8, 4) is 0 Å². The van der Waals surface area contributed by atoms with Gasteiger partial charge in [-0.2, -0.15) is 0 Å². The number of nitrogens with one attached hydrogen (secondary N) is 2. The molecule has 4 rings (SSSR count). The Kier molecular flexibility index (Phi) is 5.24. The first-order valence-corrected chi connectivity index (χ1v) is 9.67. The number of aromatic nitrogens is 3. The highest BCUT2D eigenvalue weighted by atomic mass is 16.1. The average Bonchev–Trinajstić information content (AvgIpc) is 3.13. The predicted molar refractivity (Wildman–Crippen MR) is 117 cm³/mol. The molecule has 146 valence electrons. The van der Waals surface area contributed by atoms with Gasteiger partial charge in [-0.1, -0.05) is 30.3 Å². The number of nitrogens with zero attached hydrogens (tertiary/aromatic N) is 3. The first kappa shape index (κ1) is 18.7. The van der Waals surface area contributed by atoms with E-state index in [0.717, 1.165) is 34.5 Å². The van der Waals surface area contributed by atoms with Crippen molar-refractivity contribution >= 4 is 34.1 Å². The van der Waals surface area contributed by atoms with Crippen molar-refractivity contribution < 1.29 is 4.79 Å². The molecule has 6 nitrogen and oxygen atoms in total. The van der Waals surface area contributed by atoms with Gasteiger partial charge >= 0.3 is 0 Å². The second kappa shape index (κ2) is 8.14. The second-order valence-electron chi connectivity index (χ2n) is 6.94. The topological polar surface area (TPSA) is 73.9 Å². The molecule has 1 amide bonds.